The molecule has 2 aromatic rings. The van der Waals surface area contributed by atoms with Crippen LogP contribution in [0.1, 0.15) is 28.8 Å². The van der Waals surface area contributed by atoms with E-state index in [1.165, 1.54) is 34.4 Å². The van der Waals surface area contributed by atoms with Crippen molar-refractivity contribution in [2.24, 2.45) is 0 Å². The van der Waals surface area contributed by atoms with Crippen LogP contribution in [-0.4, -0.2) is 37.3 Å². The fourth-order valence-corrected chi connectivity index (χ4v) is 3.71. The normalized spacial score (nSPS) is 16.8. The third kappa shape index (κ3) is 2.34. The smallest absolute Gasteiger partial charge is 0.118 e. The summed E-state index contributed by atoms with van der Waals surface area (Å²) >= 11 is 0. The number of aromatic nitrogens is 1. The highest BCUT2D eigenvalue weighted by Gasteiger charge is 2.23. The SMILES string of the molecule is C=C1c2[nH]ccc2C(c2ccc3c(c2)CCCN3COC)=CN1C. The molecule has 4 heteroatoms. The number of aryl methyl sites for hydroxylation is 1. The molecule has 0 unspecified atom stereocenters. The fraction of sp³-hybridized carbons (Fsp3) is 0.300. The summed E-state index contributed by atoms with van der Waals surface area (Å²) in [4.78, 5) is 7.72. The number of fused-ring (bicyclic) bond motifs is 2. The summed E-state index contributed by atoms with van der Waals surface area (Å²) < 4.78 is 5.34. The maximum atomic E-state index is 5.34. The summed E-state index contributed by atoms with van der Waals surface area (Å²) in [6, 6.07) is 8.93. The van der Waals surface area contributed by atoms with E-state index in [0.29, 0.717) is 6.73 Å². The molecule has 3 heterocycles. The van der Waals surface area contributed by atoms with Crippen molar-refractivity contribution in [3.05, 3.63) is 65.6 Å². The number of hydrogen-bond donors (Lipinski definition) is 1. The number of rotatable bonds is 3. The van der Waals surface area contributed by atoms with Gasteiger partial charge >= 0.3 is 0 Å². The molecule has 0 saturated carbocycles. The lowest BCUT2D eigenvalue weighted by Gasteiger charge is -2.31. The third-order valence-corrected chi connectivity index (χ3v) is 4.96. The molecule has 0 spiro atoms. The van der Waals surface area contributed by atoms with E-state index in [1.807, 2.05) is 13.2 Å². The molecule has 24 heavy (non-hydrogen) atoms. The lowest BCUT2D eigenvalue weighted by molar-refractivity contribution is 0.196. The summed E-state index contributed by atoms with van der Waals surface area (Å²) in [5.41, 5.74) is 8.54. The van der Waals surface area contributed by atoms with Crippen LogP contribution in [0.15, 0.2) is 43.2 Å². The Balaban J connectivity index is 1.76. The molecule has 2 aliphatic heterocycles. The molecule has 0 atom stereocenters. The molecule has 1 aromatic heterocycles. The third-order valence-electron chi connectivity index (χ3n) is 4.96. The Kier molecular flexibility index (Phi) is 3.69. The maximum Gasteiger partial charge on any atom is 0.118 e. The van der Waals surface area contributed by atoms with Crippen LogP contribution in [0.4, 0.5) is 5.69 Å². The molecule has 0 radical (unpaired) electrons. The van der Waals surface area contributed by atoms with Gasteiger partial charge in [-0.1, -0.05) is 12.6 Å². The Morgan fingerprint density at radius 1 is 1.29 bits per heavy atom. The average Bonchev–Trinajstić information content (AvgIpc) is 3.08. The summed E-state index contributed by atoms with van der Waals surface area (Å²) in [5, 5.41) is 0. The zero-order chi connectivity index (χ0) is 16.7. The average molecular weight is 321 g/mol. The summed E-state index contributed by atoms with van der Waals surface area (Å²) in [7, 11) is 3.80. The van der Waals surface area contributed by atoms with E-state index in [-0.39, 0.29) is 0 Å². The van der Waals surface area contributed by atoms with Crippen LogP contribution in [-0.2, 0) is 11.2 Å². The highest BCUT2D eigenvalue weighted by Crippen LogP contribution is 2.37. The van der Waals surface area contributed by atoms with Crippen molar-refractivity contribution >= 4 is 17.0 Å². The number of aromatic amines is 1. The van der Waals surface area contributed by atoms with Crippen LogP contribution in [0.2, 0.25) is 0 Å². The van der Waals surface area contributed by atoms with Crippen LogP contribution in [0.5, 0.6) is 0 Å². The van der Waals surface area contributed by atoms with Crippen molar-refractivity contribution in [3.8, 4) is 0 Å². The van der Waals surface area contributed by atoms with Crippen molar-refractivity contribution in [2.45, 2.75) is 12.8 Å². The molecular weight excluding hydrogens is 298 g/mol. The molecule has 4 rings (SSSR count). The largest absolute Gasteiger partial charge is 0.364 e. The van der Waals surface area contributed by atoms with Crippen molar-refractivity contribution in [3.63, 3.8) is 0 Å². The Morgan fingerprint density at radius 3 is 3.00 bits per heavy atom. The minimum atomic E-state index is 0.652. The Morgan fingerprint density at radius 2 is 2.17 bits per heavy atom. The molecule has 0 amide bonds. The maximum absolute atomic E-state index is 5.34. The first-order valence-corrected chi connectivity index (χ1v) is 8.38. The van der Waals surface area contributed by atoms with Crippen molar-refractivity contribution in [1.82, 2.24) is 9.88 Å². The molecule has 1 N–H and O–H groups in total. The summed E-state index contributed by atoms with van der Waals surface area (Å²) in [6.45, 7) is 5.88. The molecule has 2 aliphatic rings. The molecule has 0 fully saturated rings. The van der Waals surface area contributed by atoms with Crippen LogP contribution >= 0.6 is 0 Å². The second kappa shape index (κ2) is 5.87. The Labute approximate surface area is 143 Å². The van der Waals surface area contributed by atoms with Gasteiger partial charge in [0.05, 0.1) is 11.4 Å². The van der Waals surface area contributed by atoms with Gasteiger partial charge < -0.3 is 19.5 Å². The van der Waals surface area contributed by atoms with Crippen LogP contribution < -0.4 is 4.90 Å². The first-order valence-electron chi connectivity index (χ1n) is 8.38. The monoisotopic (exact) mass is 321 g/mol. The van der Waals surface area contributed by atoms with Gasteiger partial charge in [-0.25, -0.2) is 0 Å². The standard InChI is InChI=1S/C20H23N3O/c1-14-20-17(8-9-21-20)18(12-22(14)2)15-6-7-19-16(11-15)5-4-10-23(19)13-24-3/h6-9,11-12,21H,1,4-5,10,13H2,2-3H3. The number of ether oxygens (including phenoxy) is 1. The van der Waals surface area contributed by atoms with E-state index in [0.717, 1.165) is 24.4 Å². The highest BCUT2D eigenvalue weighted by atomic mass is 16.5. The number of nitrogens with one attached hydrogen (secondary N) is 1. The molecular formula is C20H23N3O. The molecule has 0 aliphatic carbocycles. The molecule has 4 nitrogen and oxygen atoms in total. The highest BCUT2D eigenvalue weighted by molar-refractivity contribution is 5.89. The van der Waals surface area contributed by atoms with Crippen molar-refractivity contribution in [2.75, 3.05) is 32.3 Å². The first kappa shape index (κ1) is 15.1. The number of nitrogens with zero attached hydrogens (tertiary/aromatic N) is 2. The number of H-pyrrole nitrogens is 1. The Hall–Kier alpha value is -2.46. The van der Waals surface area contributed by atoms with Crippen LogP contribution in [0.3, 0.4) is 0 Å². The zero-order valence-electron chi connectivity index (χ0n) is 14.3. The van der Waals surface area contributed by atoms with Crippen molar-refractivity contribution in [1.29, 1.82) is 0 Å². The van der Waals surface area contributed by atoms with Gasteiger partial charge in [0.15, 0.2) is 0 Å². The van der Waals surface area contributed by atoms with E-state index in [2.05, 4.69) is 51.8 Å². The zero-order valence-corrected chi connectivity index (χ0v) is 14.3. The van der Waals surface area contributed by atoms with Crippen LogP contribution in [0.25, 0.3) is 11.3 Å². The molecule has 124 valence electrons. The quantitative estimate of drug-likeness (QED) is 0.936. The number of methoxy groups -OCH3 is 1. The van der Waals surface area contributed by atoms with Gasteiger partial charge in [-0.15, -0.1) is 0 Å². The van der Waals surface area contributed by atoms with Crippen LogP contribution in [0, 0.1) is 0 Å². The number of anilines is 1. The van der Waals surface area contributed by atoms with E-state index >= 15 is 0 Å². The Bertz CT molecular complexity index is 818. The number of benzene rings is 1. The lowest BCUT2D eigenvalue weighted by Crippen LogP contribution is -2.31. The van der Waals surface area contributed by atoms with Gasteiger partial charge in [-0.2, -0.15) is 0 Å². The van der Waals surface area contributed by atoms with Gasteiger partial charge in [-0.05, 0) is 42.2 Å². The number of hydrogen-bond acceptors (Lipinski definition) is 3. The molecule has 1 aromatic carbocycles. The topological polar surface area (TPSA) is 31.5 Å². The second-order valence-electron chi connectivity index (χ2n) is 6.49. The van der Waals surface area contributed by atoms with Gasteiger partial charge in [0, 0.05) is 49.9 Å². The van der Waals surface area contributed by atoms with E-state index < -0.39 is 0 Å². The van der Waals surface area contributed by atoms with Gasteiger partial charge in [0.25, 0.3) is 0 Å². The van der Waals surface area contributed by atoms with Gasteiger partial charge in [0.1, 0.15) is 6.73 Å². The fourth-order valence-electron chi connectivity index (χ4n) is 3.71. The summed E-state index contributed by atoms with van der Waals surface area (Å²) in [5.74, 6) is 0. The van der Waals surface area contributed by atoms with Gasteiger partial charge in [0.2, 0.25) is 0 Å². The lowest BCUT2D eigenvalue weighted by atomic mass is 9.91. The molecule has 0 saturated heterocycles. The first-order chi connectivity index (χ1) is 11.7. The van der Waals surface area contributed by atoms with E-state index in [4.69, 9.17) is 4.74 Å². The molecule has 0 bridgehead atoms. The van der Waals surface area contributed by atoms with E-state index in [1.54, 1.807) is 7.11 Å². The minimum Gasteiger partial charge on any atom is -0.364 e. The van der Waals surface area contributed by atoms with Crippen molar-refractivity contribution < 1.29 is 4.74 Å². The predicted octanol–water partition coefficient (Wildman–Crippen LogP) is 3.68. The van der Waals surface area contributed by atoms with E-state index in [9.17, 15) is 0 Å². The van der Waals surface area contributed by atoms with Gasteiger partial charge in [-0.3, -0.25) is 0 Å². The second-order valence-corrected chi connectivity index (χ2v) is 6.49. The predicted molar refractivity (Wildman–Crippen MR) is 98.7 cm³/mol. The summed E-state index contributed by atoms with van der Waals surface area (Å²) in [6.07, 6.45) is 6.46. The minimum absolute atomic E-state index is 0.652.